The van der Waals surface area contributed by atoms with Crippen molar-refractivity contribution >= 4 is 23.4 Å². The number of rotatable bonds is 14. The fourth-order valence-corrected chi connectivity index (χ4v) is 3.70. The third-order valence-electron chi connectivity index (χ3n) is 5.89. The van der Waals surface area contributed by atoms with E-state index in [0.29, 0.717) is 5.56 Å². The molecule has 1 radical (unpaired) electrons. The van der Waals surface area contributed by atoms with E-state index in [2.05, 4.69) is 6.92 Å². The van der Waals surface area contributed by atoms with Gasteiger partial charge < -0.3 is 14.2 Å². The largest absolute Gasteiger partial charge is 0.494 e. The lowest BCUT2D eigenvalue weighted by Crippen LogP contribution is -2.21. The van der Waals surface area contributed by atoms with Crippen molar-refractivity contribution < 1.29 is 50.8 Å². The van der Waals surface area contributed by atoms with E-state index in [0.717, 1.165) is 36.4 Å². The number of halogens is 5. The first kappa shape index (κ1) is 33.4. The van der Waals surface area contributed by atoms with Crippen LogP contribution in [0.25, 0.3) is 6.08 Å². The number of alkyl halides is 5. The predicted molar refractivity (Wildman–Crippen MR) is 146 cm³/mol. The van der Waals surface area contributed by atoms with Crippen LogP contribution in [0.3, 0.4) is 0 Å². The van der Waals surface area contributed by atoms with Crippen molar-refractivity contribution in [3.05, 3.63) is 117 Å². The first-order valence-corrected chi connectivity index (χ1v) is 12.7. The number of nitrogens with zero attached hydrogens (tertiary/aromatic N) is 2. The van der Waals surface area contributed by atoms with Crippen LogP contribution in [0.15, 0.2) is 72.8 Å². The number of hydrogen-bond acceptors (Lipinski definition) is 8. The third-order valence-corrected chi connectivity index (χ3v) is 5.89. The molecule has 3 aromatic carbocycles. The Morgan fingerprint density at radius 1 is 0.909 bits per heavy atom. The molecule has 1 unspecified atom stereocenters. The average Bonchev–Trinajstić information content (AvgIpc) is 2.97. The molecule has 0 bridgehead atoms. The van der Waals surface area contributed by atoms with Gasteiger partial charge in [-0.1, -0.05) is 12.1 Å². The Balaban J connectivity index is 1.52. The van der Waals surface area contributed by atoms with E-state index in [4.69, 9.17) is 14.2 Å². The first-order valence-electron chi connectivity index (χ1n) is 12.7. The van der Waals surface area contributed by atoms with Gasteiger partial charge in [0, 0.05) is 30.0 Å². The molecule has 0 aromatic heterocycles. The number of ether oxygens (including phenoxy) is 3. The van der Waals surface area contributed by atoms with Crippen molar-refractivity contribution in [2.45, 2.75) is 31.0 Å². The minimum atomic E-state index is -4.29. The molecule has 44 heavy (non-hydrogen) atoms. The Morgan fingerprint density at radius 3 is 2.14 bits per heavy atom. The third kappa shape index (κ3) is 10.0. The van der Waals surface area contributed by atoms with Gasteiger partial charge in [-0.15, -0.1) is 0 Å². The van der Waals surface area contributed by atoms with E-state index in [1.165, 1.54) is 42.5 Å². The van der Waals surface area contributed by atoms with Gasteiger partial charge in [-0.3, -0.25) is 20.2 Å². The summed E-state index contributed by atoms with van der Waals surface area (Å²) in [7, 11) is 0. The Morgan fingerprint density at radius 2 is 1.55 bits per heavy atom. The highest BCUT2D eigenvalue weighted by Gasteiger charge is 2.34. The number of carbonyl (C=O) groups excluding carboxylic acids is 1. The molecule has 233 valence electrons. The van der Waals surface area contributed by atoms with Crippen LogP contribution in [-0.4, -0.2) is 35.2 Å². The zero-order valence-corrected chi connectivity index (χ0v) is 22.7. The van der Waals surface area contributed by atoms with Gasteiger partial charge in [-0.05, 0) is 67.4 Å². The quantitative estimate of drug-likeness (QED) is 0.0450. The Bertz CT molecular complexity index is 1490. The van der Waals surface area contributed by atoms with Gasteiger partial charge in [-0.2, -0.15) is 22.0 Å². The lowest BCUT2D eigenvalue weighted by molar-refractivity contribution is -0.394. The molecule has 15 heteroatoms. The molecule has 0 spiro atoms. The molecule has 0 saturated heterocycles. The van der Waals surface area contributed by atoms with Crippen molar-refractivity contribution in [2.24, 2.45) is 0 Å². The van der Waals surface area contributed by atoms with E-state index >= 15 is 0 Å². The summed E-state index contributed by atoms with van der Waals surface area (Å²) in [6.45, 7) is 3.13. The number of nitro benzene ring substituents is 2. The van der Waals surface area contributed by atoms with Crippen molar-refractivity contribution in [3.8, 4) is 11.5 Å². The van der Waals surface area contributed by atoms with Crippen LogP contribution in [0.2, 0.25) is 0 Å². The van der Waals surface area contributed by atoms with Crippen molar-refractivity contribution in [1.82, 2.24) is 0 Å². The average molecular weight is 624 g/mol. The smallest absolute Gasteiger partial charge is 0.426 e. The highest BCUT2D eigenvalue weighted by Crippen LogP contribution is 2.33. The van der Waals surface area contributed by atoms with Gasteiger partial charge in [0.15, 0.2) is 0 Å². The predicted octanol–water partition coefficient (Wildman–Crippen LogP) is 7.53. The number of benzene rings is 3. The summed E-state index contributed by atoms with van der Waals surface area (Å²) in [5.74, 6) is -1.79. The normalized spacial score (nSPS) is 12.5. The molecule has 0 heterocycles. The Kier molecular flexibility index (Phi) is 10.9. The summed E-state index contributed by atoms with van der Waals surface area (Å²) in [6.07, 6.45) is -7.01. The highest BCUT2D eigenvalue weighted by atomic mass is 19.4. The topological polar surface area (TPSA) is 131 Å². The zero-order chi connectivity index (χ0) is 32.5. The van der Waals surface area contributed by atoms with Crippen molar-refractivity contribution in [2.75, 3.05) is 13.2 Å². The second-order valence-corrected chi connectivity index (χ2v) is 9.20. The molecule has 0 aliphatic rings. The molecule has 0 aliphatic heterocycles. The van der Waals surface area contributed by atoms with Gasteiger partial charge in [0.25, 0.3) is 11.4 Å². The van der Waals surface area contributed by atoms with Gasteiger partial charge in [-0.25, -0.2) is 4.79 Å². The van der Waals surface area contributed by atoms with Crippen LogP contribution >= 0.6 is 0 Å². The lowest BCUT2D eigenvalue weighted by Gasteiger charge is -2.18. The molecule has 0 saturated carbocycles. The first-order chi connectivity index (χ1) is 20.6. The van der Waals surface area contributed by atoms with Crippen LogP contribution in [0.5, 0.6) is 11.5 Å². The van der Waals surface area contributed by atoms with Crippen LogP contribution in [0, 0.1) is 27.2 Å². The van der Waals surface area contributed by atoms with Gasteiger partial charge in [0.1, 0.15) is 11.5 Å². The van der Waals surface area contributed by atoms with Crippen LogP contribution in [0.1, 0.15) is 35.4 Å². The van der Waals surface area contributed by atoms with E-state index in [1.54, 1.807) is 0 Å². The molecule has 1 atom stereocenters. The maximum absolute atomic E-state index is 14.7. The molecule has 0 amide bonds. The number of esters is 1. The van der Waals surface area contributed by atoms with Crippen molar-refractivity contribution in [3.63, 3.8) is 0 Å². The Hall–Kier alpha value is -5.08. The maximum atomic E-state index is 14.7. The van der Waals surface area contributed by atoms with Gasteiger partial charge >= 0.3 is 18.3 Å². The van der Waals surface area contributed by atoms with Crippen LogP contribution in [0.4, 0.5) is 33.3 Å². The summed E-state index contributed by atoms with van der Waals surface area (Å²) >= 11 is 0. The van der Waals surface area contributed by atoms with Crippen LogP contribution in [-0.2, 0) is 15.6 Å². The zero-order valence-electron chi connectivity index (χ0n) is 22.7. The molecule has 0 fully saturated rings. The summed E-state index contributed by atoms with van der Waals surface area (Å²) in [5, 5.41) is 22.2. The van der Waals surface area contributed by atoms with Gasteiger partial charge in [0.2, 0.25) is 0 Å². The van der Waals surface area contributed by atoms with E-state index in [1.807, 2.05) is 0 Å². The SMILES string of the molecule is [CH2]C(COC(=O)/C=C/c1ccc(C(F)(F)Oc2ccc(OCCCC(F)(F)F)cc2)cc1)c1ccc([N+](=O)[O-])cc1[N+](=O)[O-]. The second kappa shape index (κ2) is 14.4. The van der Waals surface area contributed by atoms with Crippen LogP contribution < -0.4 is 9.47 Å². The minimum Gasteiger partial charge on any atom is -0.494 e. The number of non-ortho nitro benzene ring substituents is 1. The second-order valence-electron chi connectivity index (χ2n) is 9.20. The molecule has 0 aliphatic carbocycles. The summed E-state index contributed by atoms with van der Waals surface area (Å²) in [6, 6.07) is 12.7. The fraction of sp³-hybridized carbons (Fsp3) is 0.241. The molecule has 3 aromatic rings. The van der Waals surface area contributed by atoms with Crippen molar-refractivity contribution in [1.29, 1.82) is 0 Å². The Labute approximate surface area is 247 Å². The maximum Gasteiger partial charge on any atom is 0.426 e. The highest BCUT2D eigenvalue weighted by molar-refractivity contribution is 5.87. The minimum absolute atomic E-state index is 0.0280. The monoisotopic (exact) mass is 623 g/mol. The lowest BCUT2D eigenvalue weighted by atomic mass is 9.99. The van der Waals surface area contributed by atoms with E-state index in [9.17, 15) is 47.0 Å². The molecular formula is C29H24F5N2O8. The summed E-state index contributed by atoms with van der Waals surface area (Å²) in [4.78, 5) is 32.7. The number of hydrogen-bond donors (Lipinski definition) is 0. The number of nitro groups is 2. The summed E-state index contributed by atoms with van der Waals surface area (Å²) in [5.41, 5.74) is -1.15. The molecular weight excluding hydrogens is 599 g/mol. The number of carbonyl (C=O) groups is 1. The van der Waals surface area contributed by atoms with Gasteiger partial charge in [0.05, 0.1) is 34.7 Å². The fourth-order valence-electron chi connectivity index (χ4n) is 3.70. The molecule has 10 nitrogen and oxygen atoms in total. The van der Waals surface area contributed by atoms with E-state index < -0.39 is 57.4 Å². The summed E-state index contributed by atoms with van der Waals surface area (Å²) < 4.78 is 80.9. The standard InChI is InChI=1S/C29H24F5N2O8/c1-19(25-13-8-22(35(38)39)17-26(25)36(40)41)18-43-27(37)14-5-20-3-6-21(7-4-20)29(33,34)44-24-11-9-23(10-12-24)42-16-2-15-28(30,31)32/h3-14,17,19H,1-2,15-16,18H2/b14-5+. The van der Waals surface area contributed by atoms with E-state index in [-0.39, 0.29) is 36.7 Å². The molecule has 3 rings (SSSR count). The molecule has 0 N–H and O–H groups in total.